The fourth-order valence-electron chi connectivity index (χ4n) is 3.01. The smallest absolute Gasteiger partial charge is 0.336 e. The summed E-state index contributed by atoms with van der Waals surface area (Å²) in [6.07, 6.45) is 2.62. The van der Waals surface area contributed by atoms with Crippen molar-refractivity contribution in [2.24, 2.45) is 5.92 Å². The third-order valence-electron chi connectivity index (χ3n) is 4.10. The SMILES string of the molecule is O=C(O)c1csc(CNC2CN3CCC2CC3)c1. The quantitative estimate of drug-likeness (QED) is 0.869. The van der Waals surface area contributed by atoms with Gasteiger partial charge in [0, 0.05) is 29.4 Å². The predicted molar refractivity (Wildman–Crippen MR) is 71.1 cm³/mol. The summed E-state index contributed by atoms with van der Waals surface area (Å²) in [5.74, 6) is -0.0192. The van der Waals surface area contributed by atoms with Gasteiger partial charge in [0.25, 0.3) is 0 Å². The summed E-state index contributed by atoms with van der Waals surface area (Å²) in [5.41, 5.74) is 0.408. The Balaban J connectivity index is 1.56. The van der Waals surface area contributed by atoms with Crippen molar-refractivity contribution in [1.82, 2.24) is 10.2 Å². The first-order chi connectivity index (χ1) is 8.72. The highest BCUT2D eigenvalue weighted by Gasteiger charge is 2.33. The topological polar surface area (TPSA) is 52.6 Å². The highest BCUT2D eigenvalue weighted by molar-refractivity contribution is 7.10. The zero-order valence-corrected chi connectivity index (χ0v) is 11.1. The average molecular weight is 266 g/mol. The molecule has 98 valence electrons. The van der Waals surface area contributed by atoms with Crippen molar-refractivity contribution in [1.29, 1.82) is 0 Å². The number of thiophene rings is 1. The van der Waals surface area contributed by atoms with Crippen LogP contribution in [0.2, 0.25) is 0 Å². The number of aromatic carboxylic acids is 1. The molecule has 0 saturated carbocycles. The number of carboxylic acids is 1. The lowest BCUT2D eigenvalue weighted by Crippen LogP contribution is -2.55. The number of hydrogen-bond donors (Lipinski definition) is 2. The van der Waals surface area contributed by atoms with Crippen LogP contribution in [-0.4, -0.2) is 41.7 Å². The van der Waals surface area contributed by atoms with Crippen LogP contribution in [0.25, 0.3) is 0 Å². The summed E-state index contributed by atoms with van der Waals surface area (Å²) in [6.45, 7) is 4.46. The lowest BCUT2D eigenvalue weighted by Gasteiger charge is -2.45. The zero-order valence-electron chi connectivity index (χ0n) is 10.3. The minimum atomic E-state index is -0.833. The summed E-state index contributed by atoms with van der Waals surface area (Å²) < 4.78 is 0. The van der Waals surface area contributed by atoms with Gasteiger partial charge >= 0.3 is 5.97 Å². The Morgan fingerprint density at radius 1 is 1.50 bits per heavy atom. The van der Waals surface area contributed by atoms with Crippen molar-refractivity contribution in [2.45, 2.75) is 25.4 Å². The van der Waals surface area contributed by atoms with E-state index in [0.29, 0.717) is 11.6 Å². The van der Waals surface area contributed by atoms with Gasteiger partial charge in [-0.2, -0.15) is 0 Å². The molecule has 0 aromatic carbocycles. The molecular weight excluding hydrogens is 248 g/mol. The first-order valence-electron chi connectivity index (χ1n) is 6.49. The van der Waals surface area contributed by atoms with Crippen molar-refractivity contribution in [3.63, 3.8) is 0 Å². The molecule has 1 aromatic rings. The number of carboxylic acid groups (broad SMARTS) is 1. The highest BCUT2D eigenvalue weighted by Crippen LogP contribution is 2.27. The molecule has 4 heterocycles. The first kappa shape index (κ1) is 12.1. The number of carbonyl (C=O) groups is 1. The summed E-state index contributed by atoms with van der Waals surface area (Å²) in [6, 6.07) is 2.37. The summed E-state index contributed by atoms with van der Waals surface area (Å²) in [5, 5.41) is 14.2. The van der Waals surface area contributed by atoms with E-state index in [4.69, 9.17) is 5.11 Å². The molecular formula is C13H18N2O2S. The Bertz CT molecular complexity index is 438. The molecule has 0 spiro atoms. The number of rotatable bonds is 4. The minimum absolute atomic E-state index is 0.408. The number of hydrogen-bond acceptors (Lipinski definition) is 4. The van der Waals surface area contributed by atoms with Crippen LogP contribution in [0.5, 0.6) is 0 Å². The lowest BCUT2D eigenvalue weighted by atomic mass is 9.84. The molecule has 3 aliphatic rings. The molecule has 4 nitrogen and oxygen atoms in total. The Kier molecular flexibility index (Phi) is 3.37. The highest BCUT2D eigenvalue weighted by atomic mass is 32.1. The monoisotopic (exact) mass is 266 g/mol. The number of nitrogens with zero attached hydrogens (tertiary/aromatic N) is 1. The summed E-state index contributed by atoms with van der Waals surface area (Å²) >= 11 is 1.53. The summed E-state index contributed by atoms with van der Waals surface area (Å²) in [7, 11) is 0. The van der Waals surface area contributed by atoms with Gasteiger partial charge in [-0.05, 0) is 37.9 Å². The third kappa shape index (κ3) is 2.43. The van der Waals surface area contributed by atoms with Crippen LogP contribution in [-0.2, 0) is 6.54 Å². The van der Waals surface area contributed by atoms with Crippen LogP contribution < -0.4 is 5.32 Å². The average Bonchev–Trinajstić information content (AvgIpc) is 2.87. The van der Waals surface area contributed by atoms with Gasteiger partial charge in [0.2, 0.25) is 0 Å². The van der Waals surface area contributed by atoms with Crippen molar-refractivity contribution in [3.05, 3.63) is 21.9 Å². The van der Waals surface area contributed by atoms with E-state index in [2.05, 4.69) is 10.2 Å². The molecule has 5 heteroatoms. The maximum atomic E-state index is 10.8. The molecule has 3 aliphatic heterocycles. The van der Waals surface area contributed by atoms with Gasteiger partial charge < -0.3 is 15.3 Å². The minimum Gasteiger partial charge on any atom is -0.478 e. The zero-order chi connectivity index (χ0) is 12.5. The molecule has 0 amide bonds. The number of nitrogens with one attached hydrogen (secondary N) is 1. The van der Waals surface area contributed by atoms with Crippen LogP contribution in [0.4, 0.5) is 0 Å². The third-order valence-corrected chi connectivity index (χ3v) is 5.03. The molecule has 1 aromatic heterocycles. The fourth-order valence-corrected chi connectivity index (χ4v) is 3.82. The maximum absolute atomic E-state index is 10.8. The van der Waals surface area contributed by atoms with Gasteiger partial charge in [0.1, 0.15) is 0 Å². The molecule has 3 fully saturated rings. The van der Waals surface area contributed by atoms with E-state index >= 15 is 0 Å². The normalized spacial score (nSPS) is 30.6. The summed E-state index contributed by atoms with van der Waals surface area (Å²) in [4.78, 5) is 14.4. The van der Waals surface area contributed by atoms with Gasteiger partial charge in [-0.15, -0.1) is 11.3 Å². The molecule has 2 bridgehead atoms. The van der Waals surface area contributed by atoms with Gasteiger partial charge in [-0.1, -0.05) is 0 Å². The van der Waals surface area contributed by atoms with Gasteiger partial charge in [0.05, 0.1) is 5.56 Å². The van der Waals surface area contributed by atoms with Gasteiger partial charge in [0.15, 0.2) is 0 Å². The molecule has 18 heavy (non-hydrogen) atoms. The second-order valence-corrected chi connectivity index (χ2v) is 6.23. The van der Waals surface area contributed by atoms with Gasteiger partial charge in [-0.3, -0.25) is 0 Å². The van der Waals surface area contributed by atoms with Crippen molar-refractivity contribution >= 4 is 17.3 Å². The number of fused-ring (bicyclic) bond motifs is 3. The molecule has 2 N–H and O–H groups in total. The van der Waals surface area contributed by atoms with E-state index in [1.165, 1.54) is 37.3 Å². The van der Waals surface area contributed by atoms with E-state index in [9.17, 15) is 4.79 Å². The Labute approximate surface area is 111 Å². The molecule has 0 radical (unpaired) electrons. The Morgan fingerprint density at radius 3 is 2.83 bits per heavy atom. The van der Waals surface area contributed by atoms with Crippen molar-refractivity contribution in [2.75, 3.05) is 19.6 Å². The first-order valence-corrected chi connectivity index (χ1v) is 7.37. The molecule has 1 unspecified atom stereocenters. The Hall–Kier alpha value is -0.910. The van der Waals surface area contributed by atoms with E-state index in [-0.39, 0.29) is 0 Å². The molecule has 0 aliphatic carbocycles. The van der Waals surface area contributed by atoms with Crippen LogP contribution in [0.15, 0.2) is 11.4 Å². The van der Waals surface area contributed by atoms with Gasteiger partial charge in [-0.25, -0.2) is 4.79 Å². The molecule has 4 rings (SSSR count). The van der Waals surface area contributed by atoms with E-state index in [1.807, 2.05) is 0 Å². The van der Waals surface area contributed by atoms with Crippen LogP contribution in [0.3, 0.4) is 0 Å². The second kappa shape index (κ2) is 4.99. The fraction of sp³-hybridized carbons (Fsp3) is 0.615. The standard InChI is InChI=1S/C13H18N2O2S/c16-13(17)10-5-11(18-8-10)6-14-12-7-15-3-1-9(12)2-4-15/h5,8-9,12,14H,1-4,6-7H2,(H,16,17). The van der Waals surface area contributed by atoms with Crippen LogP contribution in [0.1, 0.15) is 28.1 Å². The van der Waals surface area contributed by atoms with E-state index < -0.39 is 5.97 Å². The lowest BCUT2D eigenvalue weighted by molar-refractivity contribution is 0.0697. The van der Waals surface area contributed by atoms with Crippen molar-refractivity contribution in [3.8, 4) is 0 Å². The van der Waals surface area contributed by atoms with E-state index in [1.54, 1.807) is 11.4 Å². The van der Waals surface area contributed by atoms with Crippen molar-refractivity contribution < 1.29 is 9.90 Å². The second-order valence-electron chi connectivity index (χ2n) is 5.23. The maximum Gasteiger partial charge on any atom is 0.336 e. The van der Waals surface area contributed by atoms with Crippen LogP contribution >= 0.6 is 11.3 Å². The molecule has 1 atom stereocenters. The largest absolute Gasteiger partial charge is 0.478 e. The predicted octanol–water partition coefficient (Wildman–Crippen LogP) is 1.63. The van der Waals surface area contributed by atoms with E-state index in [0.717, 1.165) is 23.9 Å². The number of piperidine rings is 3. The molecule has 3 saturated heterocycles. The van der Waals surface area contributed by atoms with Crippen LogP contribution in [0, 0.1) is 5.92 Å². The Morgan fingerprint density at radius 2 is 2.28 bits per heavy atom.